The summed E-state index contributed by atoms with van der Waals surface area (Å²) < 4.78 is 4.79. The first kappa shape index (κ1) is 17.1. The maximum absolute atomic E-state index is 11.7. The van der Waals surface area contributed by atoms with E-state index in [1.54, 1.807) is 18.2 Å². The summed E-state index contributed by atoms with van der Waals surface area (Å²) in [5.41, 5.74) is 2.97. The average Bonchev–Trinajstić information content (AvgIpc) is 2.55. The van der Waals surface area contributed by atoms with Gasteiger partial charge >= 0.3 is 5.97 Å². The molecule has 0 radical (unpaired) electrons. The molecule has 2 aromatic carbocycles. The van der Waals surface area contributed by atoms with Crippen molar-refractivity contribution in [1.82, 2.24) is 0 Å². The topological polar surface area (TPSA) is 62.1 Å². The minimum absolute atomic E-state index is 0.0645. The molecule has 0 bridgehead atoms. The summed E-state index contributed by atoms with van der Waals surface area (Å²) in [6.45, 7) is 1.58. The maximum Gasteiger partial charge on any atom is 0.311 e. The summed E-state index contributed by atoms with van der Waals surface area (Å²) in [4.78, 5) is 11.7. The third-order valence-corrected chi connectivity index (χ3v) is 4.14. The molecule has 2 aromatic rings. The molecular formula is C17H14Cl2N2O2. The third-order valence-electron chi connectivity index (χ3n) is 3.24. The van der Waals surface area contributed by atoms with E-state index in [1.807, 2.05) is 31.2 Å². The summed E-state index contributed by atoms with van der Waals surface area (Å²) in [7, 11) is 0. The zero-order valence-electron chi connectivity index (χ0n) is 12.4. The van der Waals surface area contributed by atoms with Crippen molar-refractivity contribution in [3.8, 4) is 6.07 Å². The van der Waals surface area contributed by atoms with Gasteiger partial charge in [-0.2, -0.15) is 5.26 Å². The van der Waals surface area contributed by atoms with E-state index >= 15 is 0 Å². The first-order chi connectivity index (χ1) is 11.0. The first-order valence-corrected chi connectivity index (χ1v) is 7.60. The van der Waals surface area contributed by atoms with Crippen molar-refractivity contribution < 1.29 is 9.53 Å². The number of nitrogens with zero attached hydrogens (tertiary/aromatic N) is 1. The second-order valence-electron chi connectivity index (χ2n) is 4.81. The highest BCUT2D eigenvalue weighted by atomic mass is 35.5. The number of halogens is 2. The minimum atomic E-state index is -0.459. The molecule has 0 fully saturated rings. The number of nitrogens with one attached hydrogen (secondary N) is 1. The van der Waals surface area contributed by atoms with Crippen LogP contribution >= 0.6 is 23.2 Å². The lowest BCUT2D eigenvalue weighted by atomic mass is 10.1. The van der Waals surface area contributed by atoms with Crippen LogP contribution in [0.1, 0.15) is 11.1 Å². The predicted octanol–water partition coefficient (Wildman–Crippen LogP) is 4.65. The normalized spacial score (nSPS) is 10.0. The van der Waals surface area contributed by atoms with E-state index in [0.29, 0.717) is 15.7 Å². The van der Waals surface area contributed by atoms with Gasteiger partial charge in [-0.05, 0) is 36.2 Å². The smallest absolute Gasteiger partial charge is 0.311 e. The van der Waals surface area contributed by atoms with Crippen LogP contribution in [0.25, 0.3) is 0 Å². The minimum Gasteiger partial charge on any atom is -0.450 e. The van der Waals surface area contributed by atoms with Gasteiger partial charge in [-0.15, -0.1) is 0 Å². The second-order valence-corrected chi connectivity index (χ2v) is 5.60. The van der Waals surface area contributed by atoms with Crippen LogP contribution < -0.4 is 5.32 Å². The number of ether oxygens (including phenoxy) is 1. The number of esters is 1. The Morgan fingerprint density at radius 1 is 1.22 bits per heavy atom. The third kappa shape index (κ3) is 4.38. The number of carbonyl (C=O) groups excluding carboxylic acids is 1. The summed E-state index contributed by atoms with van der Waals surface area (Å²) in [5.74, 6) is -0.459. The fourth-order valence-corrected chi connectivity index (χ4v) is 2.44. The van der Waals surface area contributed by atoms with Crippen LogP contribution in [-0.4, -0.2) is 12.6 Å². The van der Waals surface area contributed by atoms with Crippen molar-refractivity contribution in [2.45, 2.75) is 13.3 Å². The molecule has 0 unspecified atom stereocenters. The fraction of sp³-hybridized carbons (Fsp3) is 0.176. The van der Waals surface area contributed by atoms with Gasteiger partial charge in [-0.25, -0.2) is 0 Å². The molecule has 0 saturated carbocycles. The van der Waals surface area contributed by atoms with Gasteiger partial charge < -0.3 is 10.1 Å². The van der Waals surface area contributed by atoms with Crippen LogP contribution in [0.4, 0.5) is 11.4 Å². The first-order valence-electron chi connectivity index (χ1n) is 6.85. The molecule has 0 atom stereocenters. The highest BCUT2D eigenvalue weighted by Crippen LogP contribution is 2.33. The van der Waals surface area contributed by atoms with Gasteiger partial charge in [0.05, 0.1) is 17.1 Å². The van der Waals surface area contributed by atoms with E-state index < -0.39 is 5.97 Å². The molecule has 2 rings (SSSR count). The number of hydrogen-bond acceptors (Lipinski definition) is 4. The second kappa shape index (κ2) is 7.87. The molecule has 23 heavy (non-hydrogen) atoms. The molecule has 0 aliphatic heterocycles. The Labute approximate surface area is 144 Å². The number of rotatable bonds is 5. The largest absolute Gasteiger partial charge is 0.450 e. The Morgan fingerprint density at radius 3 is 2.70 bits per heavy atom. The molecule has 6 heteroatoms. The van der Waals surface area contributed by atoms with Crippen LogP contribution in [0.2, 0.25) is 10.0 Å². The Kier molecular flexibility index (Phi) is 5.86. The van der Waals surface area contributed by atoms with Crippen LogP contribution in [0, 0.1) is 18.3 Å². The molecule has 118 valence electrons. The number of nitriles is 1. The van der Waals surface area contributed by atoms with Crippen molar-refractivity contribution in [2.75, 3.05) is 11.9 Å². The van der Waals surface area contributed by atoms with E-state index in [2.05, 4.69) is 5.32 Å². The number of hydrogen-bond donors (Lipinski definition) is 1. The summed E-state index contributed by atoms with van der Waals surface area (Å²) >= 11 is 12.3. The lowest BCUT2D eigenvalue weighted by Gasteiger charge is -2.14. The van der Waals surface area contributed by atoms with E-state index in [1.165, 1.54) is 0 Å². The van der Waals surface area contributed by atoms with Gasteiger partial charge in [0.2, 0.25) is 0 Å². The van der Waals surface area contributed by atoms with Crippen LogP contribution in [0.3, 0.4) is 0 Å². The summed E-state index contributed by atoms with van der Waals surface area (Å²) in [6.07, 6.45) is 0.0645. The van der Waals surface area contributed by atoms with Gasteiger partial charge in [0.1, 0.15) is 6.07 Å². The lowest BCUT2D eigenvalue weighted by Crippen LogP contribution is -2.09. The molecular weight excluding hydrogens is 335 g/mol. The molecule has 0 saturated heterocycles. The van der Waals surface area contributed by atoms with Crippen LogP contribution in [0.15, 0.2) is 36.4 Å². The Bertz CT molecular complexity index is 770. The number of carbonyl (C=O) groups is 1. The molecule has 0 aliphatic carbocycles. The van der Waals surface area contributed by atoms with Crippen molar-refractivity contribution in [1.29, 1.82) is 5.26 Å². The summed E-state index contributed by atoms with van der Waals surface area (Å²) in [5, 5.41) is 12.8. The predicted molar refractivity (Wildman–Crippen MR) is 91.2 cm³/mol. The van der Waals surface area contributed by atoms with Gasteiger partial charge in [0, 0.05) is 10.7 Å². The van der Waals surface area contributed by atoms with Gasteiger partial charge in [-0.3, -0.25) is 4.79 Å². The number of anilines is 2. The van der Waals surface area contributed by atoms with Crippen molar-refractivity contribution in [3.63, 3.8) is 0 Å². The Balaban J connectivity index is 2.23. The zero-order chi connectivity index (χ0) is 16.8. The van der Waals surface area contributed by atoms with Gasteiger partial charge in [0.25, 0.3) is 0 Å². The highest BCUT2D eigenvalue weighted by molar-refractivity contribution is 6.37. The zero-order valence-corrected chi connectivity index (χ0v) is 13.9. The summed E-state index contributed by atoms with van der Waals surface area (Å²) in [6, 6.07) is 12.6. The molecule has 0 aliphatic rings. The molecule has 0 amide bonds. The van der Waals surface area contributed by atoms with Crippen molar-refractivity contribution in [2.24, 2.45) is 0 Å². The maximum atomic E-state index is 11.7. The Hall–Kier alpha value is -2.22. The standard InChI is InChI=1S/C17H14Cl2N2O2/c1-11-13(18)6-7-15(17(11)19)21-14-5-3-2-4-12(14)10-16(22)23-9-8-20/h2-7,21H,9-10H2,1H3. The van der Waals surface area contributed by atoms with Gasteiger partial charge in [0.15, 0.2) is 6.61 Å². The highest BCUT2D eigenvalue weighted by Gasteiger charge is 2.12. The fourth-order valence-electron chi connectivity index (χ4n) is 2.02. The molecule has 0 spiro atoms. The molecule has 1 N–H and O–H groups in total. The Morgan fingerprint density at radius 2 is 1.96 bits per heavy atom. The van der Waals surface area contributed by atoms with E-state index in [4.69, 9.17) is 33.2 Å². The average molecular weight is 349 g/mol. The lowest BCUT2D eigenvalue weighted by molar-refractivity contribution is -0.141. The van der Waals surface area contributed by atoms with E-state index in [-0.39, 0.29) is 13.0 Å². The molecule has 4 nitrogen and oxygen atoms in total. The number of para-hydroxylation sites is 1. The quantitative estimate of drug-likeness (QED) is 0.798. The van der Waals surface area contributed by atoms with E-state index in [0.717, 1.165) is 16.8 Å². The molecule has 0 heterocycles. The van der Waals surface area contributed by atoms with Crippen LogP contribution in [-0.2, 0) is 16.0 Å². The van der Waals surface area contributed by atoms with Crippen molar-refractivity contribution in [3.05, 3.63) is 57.6 Å². The SMILES string of the molecule is Cc1c(Cl)ccc(Nc2ccccc2CC(=O)OCC#N)c1Cl. The van der Waals surface area contributed by atoms with Crippen molar-refractivity contribution >= 4 is 40.5 Å². The monoisotopic (exact) mass is 348 g/mol. The number of benzene rings is 2. The van der Waals surface area contributed by atoms with Gasteiger partial charge in [-0.1, -0.05) is 41.4 Å². The molecule has 0 aromatic heterocycles. The van der Waals surface area contributed by atoms with Crippen LogP contribution in [0.5, 0.6) is 0 Å². The van der Waals surface area contributed by atoms with E-state index in [9.17, 15) is 4.79 Å².